The van der Waals surface area contributed by atoms with Crippen LogP contribution in [0.1, 0.15) is 0 Å². The quantitative estimate of drug-likeness (QED) is 0.656. The largest absolute Gasteiger partial charge is 0.508 e. The highest BCUT2D eigenvalue weighted by Gasteiger charge is 1.98. The molecule has 2 heteroatoms. The van der Waals surface area contributed by atoms with Gasteiger partial charge in [0.25, 0.3) is 0 Å². The van der Waals surface area contributed by atoms with E-state index in [9.17, 15) is 0 Å². The summed E-state index contributed by atoms with van der Waals surface area (Å²) in [6.07, 6.45) is 0. The minimum absolute atomic E-state index is 0.213. The molecule has 1 N–H and O–H groups in total. The fourth-order valence-corrected chi connectivity index (χ4v) is 1.40. The summed E-state index contributed by atoms with van der Waals surface area (Å²) in [7, 11) is 0. The molecule has 1 nitrogen and oxygen atoms in total. The molecule has 0 saturated heterocycles. The maximum absolute atomic E-state index is 9.15. The van der Waals surface area contributed by atoms with Gasteiger partial charge < -0.3 is 5.11 Å². The first kappa shape index (κ1) is 7.44. The van der Waals surface area contributed by atoms with Gasteiger partial charge in [-0.2, -0.15) is 0 Å². The van der Waals surface area contributed by atoms with E-state index in [1.54, 1.807) is 12.1 Å². The highest BCUT2D eigenvalue weighted by molar-refractivity contribution is 6.35. The molecule has 2 rings (SSSR count). The zero-order valence-electron chi connectivity index (χ0n) is 6.21. The molecule has 0 aliphatic heterocycles. The standard InChI is InChI=1S/C10H6ClO/c11-10-3-1-2-7-6-8(12)4-5-9(7)10/h1-4,6,12H. The Balaban J connectivity index is 2.86. The van der Waals surface area contributed by atoms with E-state index in [0.29, 0.717) is 5.02 Å². The van der Waals surface area contributed by atoms with Crippen molar-refractivity contribution < 1.29 is 5.11 Å². The van der Waals surface area contributed by atoms with Gasteiger partial charge in [0.05, 0.1) is 0 Å². The number of fused-ring (bicyclic) bond motifs is 1. The summed E-state index contributed by atoms with van der Waals surface area (Å²) in [6.45, 7) is 0. The number of aromatic hydroxyl groups is 1. The molecule has 0 fully saturated rings. The fraction of sp³-hybridized carbons (Fsp3) is 0. The Hall–Kier alpha value is -1.21. The maximum atomic E-state index is 9.15. The Kier molecular flexibility index (Phi) is 1.66. The highest BCUT2D eigenvalue weighted by atomic mass is 35.5. The molecule has 0 unspecified atom stereocenters. The van der Waals surface area contributed by atoms with Crippen molar-refractivity contribution in [1.82, 2.24) is 0 Å². The van der Waals surface area contributed by atoms with Crippen LogP contribution in [0.5, 0.6) is 5.75 Å². The van der Waals surface area contributed by atoms with Crippen molar-refractivity contribution in [1.29, 1.82) is 0 Å². The molecule has 0 saturated carbocycles. The van der Waals surface area contributed by atoms with Crippen LogP contribution in [0.4, 0.5) is 0 Å². The van der Waals surface area contributed by atoms with Crippen LogP contribution in [-0.4, -0.2) is 5.11 Å². The predicted molar refractivity (Wildman–Crippen MR) is 49.5 cm³/mol. The smallest absolute Gasteiger partial charge is 0.116 e. The number of phenols is 1. The Morgan fingerprint density at radius 3 is 3.00 bits per heavy atom. The molecule has 1 radical (unpaired) electrons. The molecule has 0 aliphatic rings. The summed E-state index contributed by atoms with van der Waals surface area (Å²) in [4.78, 5) is 0. The summed E-state index contributed by atoms with van der Waals surface area (Å²) >= 11 is 5.90. The maximum Gasteiger partial charge on any atom is 0.116 e. The third kappa shape index (κ3) is 1.12. The molecule has 0 atom stereocenters. The molecule has 59 valence electrons. The summed E-state index contributed by atoms with van der Waals surface area (Å²) in [5.41, 5.74) is 0. The molecule has 0 bridgehead atoms. The van der Waals surface area contributed by atoms with Gasteiger partial charge in [-0.3, -0.25) is 0 Å². The van der Waals surface area contributed by atoms with Crippen LogP contribution in [0.15, 0.2) is 30.3 Å². The number of hydrogen-bond donors (Lipinski definition) is 1. The molecule has 0 amide bonds. The van der Waals surface area contributed by atoms with Gasteiger partial charge in [-0.05, 0) is 29.7 Å². The lowest BCUT2D eigenvalue weighted by Crippen LogP contribution is -1.73. The number of hydrogen-bond acceptors (Lipinski definition) is 1. The zero-order valence-corrected chi connectivity index (χ0v) is 6.97. The second-order valence-corrected chi connectivity index (χ2v) is 2.97. The summed E-state index contributed by atoms with van der Waals surface area (Å²) < 4.78 is 0. The minimum atomic E-state index is 0.213. The zero-order chi connectivity index (χ0) is 8.55. The average Bonchev–Trinajstić information content (AvgIpc) is 2.04. The number of halogens is 1. The fourth-order valence-electron chi connectivity index (χ4n) is 1.16. The van der Waals surface area contributed by atoms with E-state index in [1.807, 2.05) is 12.1 Å². The van der Waals surface area contributed by atoms with Gasteiger partial charge in [-0.25, -0.2) is 0 Å². The van der Waals surface area contributed by atoms with E-state index >= 15 is 0 Å². The van der Waals surface area contributed by atoms with Crippen molar-refractivity contribution in [2.45, 2.75) is 0 Å². The van der Waals surface area contributed by atoms with Crippen molar-refractivity contribution in [3.05, 3.63) is 41.4 Å². The van der Waals surface area contributed by atoms with Crippen LogP contribution in [0, 0.1) is 6.07 Å². The normalized spacial score (nSPS) is 10.4. The van der Waals surface area contributed by atoms with Gasteiger partial charge in [0.1, 0.15) is 5.75 Å². The second kappa shape index (κ2) is 2.68. The van der Waals surface area contributed by atoms with Crippen molar-refractivity contribution >= 4 is 22.4 Å². The number of benzene rings is 2. The summed E-state index contributed by atoms with van der Waals surface area (Å²) in [5, 5.41) is 11.6. The van der Waals surface area contributed by atoms with Gasteiger partial charge in [-0.15, -0.1) is 0 Å². The van der Waals surface area contributed by atoms with Crippen LogP contribution in [0.2, 0.25) is 5.02 Å². The highest BCUT2D eigenvalue weighted by Crippen LogP contribution is 2.25. The van der Waals surface area contributed by atoms with E-state index in [-0.39, 0.29) is 5.75 Å². The first-order valence-electron chi connectivity index (χ1n) is 3.56. The van der Waals surface area contributed by atoms with Gasteiger partial charge in [-0.1, -0.05) is 23.7 Å². The molecule has 12 heavy (non-hydrogen) atoms. The first-order chi connectivity index (χ1) is 5.77. The van der Waals surface area contributed by atoms with Gasteiger partial charge in [0.15, 0.2) is 0 Å². The van der Waals surface area contributed by atoms with Gasteiger partial charge >= 0.3 is 0 Å². The van der Waals surface area contributed by atoms with Gasteiger partial charge in [0, 0.05) is 10.4 Å². The Labute approximate surface area is 75.2 Å². The van der Waals surface area contributed by atoms with Crippen LogP contribution < -0.4 is 0 Å². The van der Waals surface area contributed by atoms with E-state index in [1.165, 1.54) is 6.07 Å². The lowest BCUT2D eigenvalue weighted by Gasteiger charge is -1.99. The van der Waals surface area contributed by atoms with E-state index in [0.717, 1.165) is 10.8 Å². The van der Waals surface area contributed by atoms with Crippen LogP contribution in [-0.2, 0) is 0 Å². The van der Waals surface area contributed by atoms with Crippen molar-refractivity contribution in [3.63, 3.8) is 0 Å². The molecular weight excluding hydrogens is 172 g/mol. The Morgan fingerprint density at radius 2 is 2.17 bits per heavy atom. The molecule has 0 aliphatic carbocycles. The van der Waals surface area contributed by atoms with E-state index < -0.39 is 0 Å². The third-order valence-electron chi connectivity index (χ3n) is 1.71. The molecule has 2 aromatic carbocycles. The molecule has 0 aromatic heterocycles. The molecule has 2 aromatic rings. The van der Waals surface area contributed by atoms with Gasteiger partial charge in [0.2, 0.25) is 0 Å². The SMILES string of the molecule is Oc1c[c]c2c(Cl)cccc2c1. The lowest BCUT2D eigenvalue weighted by molar-refractivity contribution is 0.476. The van der Waals surface area contributed by atoms with Crippen molar-refractivity contribution in [2.24, 2.45) is 0 Å². The number of rotatable bonds is 0. The number of phenolic OH excluding ortho intramolecular Hbond substituents is 1. The van der Waals surface area contributed by atoms with Crippen molar-refractivity contribution in [3.8, 4) is 5.75 Å². The topological polar surface area (TPSA) is 20.2 Å². The molecule has 0 spiro atoms. The van der Waals surface area contributed by atoms with Crippen LogP contribution >= 0.6 is 11.6 Å². The van der Waals surface area contributed by atoms with Crippen LogP contribution in [0.25, 0.3) is 10.8 Å². The third-order valence-corrected chi connectivity index (χ3v) is 2.03. The first-order valence-corrected chi connectivity index (χ1v) is 3.94. The van der Waals surface area contributed by atoms with E-state index in [2.05, 4.69) is 6.07 Å². The molecule has 0 heterocycles. The van der Waals surface area contributed by atoms with Crippen molar-refractivity contribution in [2.75, 3.05) is 0 Å². The average molecular weight is 178 g/mol. The van der Waals surface area contributed by atoms with E-state index in [4.69, 9.17) is 16.7 Å². The second-order valence-electron chi connectivity index (χ2n) is 2.56. The lowest BCUT2D eigenvalue weighted by atomic mass is 10.1. The Morgan fingerprint density at radius 1 is 1.33 bits per heavy atom. The Bertz CT molecular complexity index is 423. The minimum Gasteiger partial charge on any atom is -0.508 e. The summed E-state index contributed by atoms with van der Waals surface area (Å²) in [6, 6.07) is 11.6. The van der Waals surface area contributed by atoms with Crippen LogP contribution in [0.3, 0.4) is 0 Å². The summed E-state index contributed by atoms with van der Waals surface area (Å²) in [5.74, 6) is 0.213. The molecular formula is C10H6ClO. The monoisotopic (exact) mass is 177 g/mol. The predicted octanol–water partition coefficient (Wildman–Crippen LogP) is 3.00.